The summed E-state index contributed by atoms with van der Waals surface area (Å²) >= 11 is 1.42. The van der Waals surface area contributed by atoms with Crippen LogP contribution < -0.4 is 5.32 Å². The number of nitrogens with zero attached hydrogens (tertiary/aromatic N) is 4. The van der Waals surface area contributed by atoms with Crippen molar-refractivity contribution in [1.82, 2.24) is 20.1 Å². The molecule has 0 saturated heterocycles. The van der Waals surface area contributed by atoms with Crippen molar-refractivity contribution in [3.05, 3.63) is 29.8 Å². The number of carbonyl (C=O) groups excluding carboxylic acids is 1. The molecule has 2 aromatic rings. The third kappa shape index (κ3) is 4.85. The van der Waals surface area contributed by atoms with Crippen LogP contribution in [-0.4, -0.2) is 32.0 Å². The Hall–Kier alpha value is -2.33. The minimum absolute atomic E-state index is 0.102. The van der Waals surface area contributed by atoms with Crippen LogP contribution in [0.25, 0.3) is 11.4 Å². The van der Waals surface area contributed by atoms with Gasteiger partial charge in [-0.1, -0.05) is 69.6 Å². The van der Waals surface area contributed by atoms with Crippen LogP contribution in [0.4, 0.5) is 0 Å². The highest BCUT2D eigenvalue weighted by Gasteiger charge is 2.43. The number of aromatic nitrogens is 3. The molecule has 2 fully saturated rings. The minimum atomic E-state index is -0.767. The van der Waals surface area contributed by atoms with Crippen LogP contribution in [0.5, 0.6) is 0 Å². The van der Waals surface area contributed by atoms with Gasteiger partial charge >= 0.3 is 0 Å². The van der Waals surface area contributed by atoms with Crippen molar-refractivity contribution < 1.29 is 4.79 Å². The van der Waals surface area contributed by atoms with Crippen molar-refractivity contribution >= 4 is 17.7 Å². The molecular formula is C25H33N5OS. The first-order valence-electron chi connectivity index (χ1n) is 11.6. The second-order valence-corrected chi connectivity index (χ2v) is 11.3. The van der Waals surface area contributed by atoms with E-state index in [1.54, 1.807) is 0 Å². The monoisotopic (exact) mass is 451 g/mol. The SMILES string of the molecule is CC(C)(C)c1ccc(-c2nnc(SCC(=O)NC(C)(C#N)C3CC3)n2C2CCCC2)cc1. The molecule has 1 N–H and O–H groups in total. The molecule has 2 saturated carbocycles. The van der Waals surface area contributed by atoms with Gasteiger partial charge in [0.1, 0.15) is 5.54 Å². The number of benzene rings is 1. The lowest BCUT2D eigenvalue weighted by Gasteiger charge is -2.23. The number of nitriles is 1. The van der Waals surface area contributed by atoms with E-state index in [4.69, 9.17) is 0 Å². The zero-order valence-electron chi connectivity index (χ0n) is 19.5. The van der Waals surface area contributed by atoms with Gasteiger partial charge in [0.25, 0.3) is 0 Å². The smallest absolute Gasteiger partial charge is 0.231 e. The van der Waals surface area contributed by atoms with Crippen LogP contribution in [0.3, 0.4) is 0 Å². The molecule has 0 spiro atoms. The van der Waals surface area contributed by atoms with Gasteiger partial charge in [-0.25, -0.2) is 0 Å². The lowest BCUT2D eigenvalue weighted by atomic mass is 9.86. The molecule has 1 atom stereocenters. The number of hydrogen-bond acceptors (Lipinski definition) is 5. The Bertz CT molecular complexity index is 1010. The summed E-state index contributed by atoms with van der Waals surface area (Å²) in [5, 5.41) is 22.3. The summed E-state index contributed by atoms with van der Waals surface area (Å²) in [7, 11) is 0. The highest BCUT2D eigenvalue weighted by Crippen LogP contribution is 2.40. The molecule has 7 heteroatoms. The molecule has 1 aromatic carbocycles. The van der Waals surface area contributed by atoms with Crippen LogP contribution in [0.1, 0.15) is 77.8 Å². The standard InChI is InChI=1S/C25H33N5OS/c1-24(2,3)18-11-9-17(10-12-18)22-28-29-23(30(22)20-7-5-6-8-20)32-15-21(31)27-25(4,16-26)19-13-14-19/h9-12,19-20H,5-8,13-15H2,1-4H3,(H,27,31). The molecule has 0 bridgehead atoms. The van der Waals surface area contributed by atoms with E-state index < -0.39 is 5.54 Å². The van der Waals surface area contributed by atoms with E-state index in [0.29, 0.717) is 6.04 Å². The Labute approximate surface area is 195 Å². The quantitative estimate of drug-likeness (QED) is 0.581. The van der Waals surface area contributed by atoms with Crippen LogP contribution in [-0.2, 0) is 10.2 Å². The summed E-state index contributed by atoms with van der Waals surface area (Å²) in [6, 6.07) is 11.3. The van der Waals surface area contributed by atoms with Gasteiger partial charge in [0.2, 0.25) is 5.91 Å². The Morgan fingerprint density at radius 3 is 2.34 bits per heavy atom. The van der Waals surface area contributed by atoms with Gasteiger partial charge in [-0.05, 0) is 49.5 Å². The highest BCUT2D eigenvalue weighted by molar-refractivity contribution is 7.99. The van der Waals surface area contributed by atoms with E-state index in [1.165, 1.54) is 30.2 Å². The molecule has 32 heavy (non-hydrogen) atoms. The van der Waals surface area contributed by atoms with Crippen molar-refractivity contribution in [3.63, 3.8) is 0 Å². The molecule has 1 heterocycles. The molecular weight excluding hydrogens is 418 g/mol. The van der Waals surface area contributed by atoms with Gasteiger partial charge in [0, 0.05) is 11.6 Å². The van der Waals surface area contributed by atoms with E-state index in [1.807, 2.05) is 6.92 Å². The Balaban J connectivity index is 1.53. The zero-order valence-corrected chi connectivity index (χ0v) is 20.3. The number of hydrogen-bond donors (Lipinski definition) is 1. The second kappa shape index (κ2) is 8.90. The number of thioether (sulfide) groups is 1. The molecule has 1 aromatic heterocycles. The van der Waals surface area contributed by atoms with Gasteiger partial charge in [-0.3, -0.25) is 9.36 Å². The molecule has 2 aliphatic carbocycles. The summed E-state index contributed by atoms with van der Waals surface area (Å²) < 4.78 is 2.24. The normalized spacial score (nSPS) is 18.8. The largest absolute Gasteiger partial charge is 0.337 e. The van der Waals surface area contributed by atoms with Crippen molar-refractivity contribution in [2.24, 2.45) is 5.92 Å². The van der Waals surface area contributed by atoms with Gasteiger partial charge < -0.3 is 5.32 Å². The molecule has 2 aliphatic rings. The highest BCUT2D eigenvalue weighted by atomic mass is 32.2. The molecule has 6 nitrogen and oxygen atoms in total. The third-order valence-electron chi connectivity index (χ3n) is 6.72. The minimum Gasteiger partial charge on any atom is -0.337 e. The van der Waals surface area contributed by atoms with E-state index in [9.17, 15) is 10.1 Å². The first kappa shape index (κ1) is 22.8. The molecule has 4 rings (SSSR count). The van der Waals surface area contributed by atoms with Gasteiger partial charge in [-0.15, -0.1) is 10.2 Å². The summed E-state index contributed by atoms with van der Waals surface area (Å²) in [6.45, 7) is 8.46. The topological polar surface area (TPSA) is 83.6 Å². The predicted molar refractivity (Wildman–Crippen MR) is 127 cm³/mol. The van der Waals surface area contributed by atoms with Crippen molar-refractivity contribution in [3.8, 4) is 17.5 Å². The van der Waals surface area contributed by atoms with E-state index in [0.717, 1.165) is 42.2 Å². The van der Waals surface area contributed by atoms with Gasteiger partial charge in [0.05, 0.1) is 11.8 Å². The number of nitrogens with one attached hydrogen (secondary N) is 1. The van der Waals surface area contributed by atoms with Gasteiger partial charge in [-0.2, -0.15) is 5.26 Å². The summed E-state index contributed by atoms with van der Waals surface area (Å²) in [5.74, 6) is 1.26. The lowest BCUT2D eigenvalue weighted by molar-refractivity contribution is -0.119. The average Bonchev–Trinajstić information content (AvgIpc) is 3.33. The molecule has 1 unspecified atom stereocenters. The van der Waals surface area contributed by atoms with Crippen molar-refractivity contribution in [2.45, 2.75) is 88.4 Å². The first-order valence-corrected chi connectivity index (χ1v) is 12.6. The Morgan fingerprint density at radius 1 is 1.12 bits per heavy atom. The van der Waals surface area contributed by atoms with Crippen LogP contribution >= 0.6 is 11.8 Å². The van der Waals surface area contributed by atoms with Crippen molar-refractivity contribution in [2.75, 3.05) is 5.75 Å². The van der Waals surface area contributed by atoms with Crippen LogP contribution in [0.2, 0.25) is 0 Å². The molecule has 0 radical (unpaired) electrons. The molecule has 0 aliphatic heterocycles. The Morgan fingerprint density at radius 2 is 1.78 bits per heavy atom. The fraction of sp³-hybridized carbons (Fsp3) is 0.600. The van der Waals surface area contributed by atoms with Crippen LogP contribution in [0, 0.1) is 17.2 Å². The fourth-order valence-electron chi connectivity index (χ4n) is 4.52. The second-order valence-electron chi connectivity index (χ2n) is 10.4. The number of carbonyl (C=O) groups is 1. The molecule has 170 valence electrons. The summed E-state index contributed by atoms with van der Waals surface area (Å²) in [5.41, 5.74) is 1.68. The lowest BCUT2D eigenvalue weighted by Crippen LogP contribution is -2.47. The molecule has 1 amide bonds. The maximum absolute atomic E-state index is 12.6. The maximum atomic E-state index is 12.6. The fourth-order valence-corrected chi connectivity index (χ4v) is 5.33. The summed E-state index contributed by atoms with van der Waals surface area (Å²) in [6.07, 6.45) is 6.64. The zero-order chi connectivity index (χ0) is 22.9. The first-order chi connectivity index (χ1) is 15.2. The number of rotatable bonds is 7. The Kier molecular flexibility index (Phi) is 6.35. The van der Waals surface area contributed by atoms with Gasteiger partial charge in [0.15, 0.2) is 11.0 Å². The van der Waals surface area contributed by atoms with Crippen molar-refractivity contribution in [1.29, 1.82) is 5.26 Å². The van der Waals surface area contributed by atoms with E-state index in [-0.39, 0.29) is 23.0 Å². The summed E-state index contributed by atoms with van der Waals surface area (Å²) in [4.78, 5) is 12.6. The van der Waals surface area contributed by atoms with Crippen LogP contribution in [0.15, 0.2) is 29.4 Å². The predicted octanol–water partition coefficient (Wildman–Crippen LogP) is 5.26. The average molecular weight is 452 g/mol. The number of amides is 1. The maximum Gasteiger partial charge on any atom is 0.231 e. The van der Waals surface area contributed by atoms with E-state index >= 15 is 0 Å². The van der Waals surface area contributed by atoms with E-state index in [2.05, 4.69) is 71.2 Å². The third-order valence-corrected chi connectivity index (χ3v) is 7.66.